The van der Waals surface area contributed by atoms with Crippen molar-refractivity contribution in [3.8, 4) is 0 Å². The topological polar surface area (TPSA) is 49.3 Å². The van der Waals surface area contributed by atoms with Crippen LogP contribution in [0.2, 0.25) is 0 Å². The number of fused-ring (bicyclic) bond motifs is 1. The zero-order valence-electron chi connectivity index (χ0n) is 13.1. The molecule has 0 saturated carbocycles. The molecule has 0 fully saturated rings. The quantitative estimate of drug-likeness (QED) is 0.907. The van der Waals surface area contributed by atoms with Crippen LogP contribution in [0.4, 0.5) is 0 Å². The molecule has 0 spiro atoms. The highest BCUT2D eigenvalue weighted by Crippen LogP contribution is 2.22. The van der Waals surface area contributed by atoms with Gasteiger partial charge in [0.15, 0.2) is 0 Å². The average Bonchev–Trinajstić information content (AvgIpc) is 2.37. The highest BCUT2D eigenvalue weighted by atomic mass is 16.3. The zero-order valence-corrected chi connectivity index (χ0v) is 13.1. The fourth-order valence-corrected chi connectivity index (χ4v) is 2.17. The molecule has 0 aliphatic heterocycles. The summed E-state index contributed by atoms with van der Waals surface area (Å²) >= 11 is 0. The zero-order chi connectivity index (χ0) is 15.7. The molecule has 2 aromatic carbocycles. The average molecular weight is 285 g/mol. The molecule has 2 aromatic rings. The van der Waals surface area contributed by atoms with Crippen LogP contribution < -0.4 is 5.32 Å². The van der Waals surface area contributed by atoms with Crippen LogP contribution in [-0.4, -0.2) is 22.2 Å². The number of hydrogen-bond acceptors (Lipinski definition) is 2. The Kier molecular flexibility index (Phi) is 4.06. The van der Waals surface area contributed by atoms with Crippen LogP contribution in [0.1, 0.15) is 33.3 Å². The second-order valence-corrected chi connectivity index (χ2v) is 6.55. The molecule has 21 heavy (non-hydrogen) atoms. The van der Waals surface area contributed by atoms with E-state index in [1.807, 2.05) is 56.3 Å². The van der Waals surface area contributed by atoms with Gasteiger partial charge < -0.3 is 10.4 Å². The van der Waals surface area contributed by atoms with Crippen molar-refractivity contribution < 1.29 is 9.90 Å². The minimum Gasteiger partial charge on any atom is -0.388 e. The van der Waals surface area contributed by atoms with E-state index in [9.17, 15) is 9.90 Å². The standard InChI is InChI=1S/C18H23NO2/c1-17(2,18(3,4)21)19-16(20)12-14-10-7-9-13-8-5-6-11-15(13)14/h5-11,21H,12H2,1-4H3,(H,19,20). The maximum absolute atomic E-state index is 12.3. The fraction of sp³-hybridized carbons (Fsp3) is 0.389. The molecule has 3 heteroatoms. The summed E-state index contributed by atoms with van der Waals surface area (Å²) in [5.41, 5.74) is -0.673. The number of carbonyl (C=O) groups excluding carboxylic acids is 1. The summed E-state index contributed by atoms with van der Waals surface area (Å²) in [4.78, 5) is 12.3. The lowest BCUT2D eigenvalue weighted by atomic mass is 9.85. The van der Waals surface area contributed by atoms with Gasteiger partial charge in [-0.15, -0.1) is 0 Å². The normalized spacial score (nSPS) is 12.4. The highest BCUT2D eigenvalue weighted by Gasteiger charge is 2.36. The Morgan fingerprint density at radius 1 is 1.05 bits per heavy atom. The predicted molar refractivity (Wildman–Crippen MR) is 86.2 cm³/mol. The predicted octanol–water partition coefficient (Wildman–Crippen LogP) is 3.05. The largest absolute Gasteiger partial charge is 0.388 e. The Labute approximate surface area is 126 Å². The molecule has 0 aromatic heterocycles. The van der Waals surface area contributed by atoms with Gasteiger partial charge in [0.25, 0.3) is 0 Å². The molecule has 1 amide bonds. The van der Waals surface area contributed by atoms with E-state index in [2.05, 4.69) is 5.32 Å². The van der Waals surface area contributed by atoms with Gasteiger partial charge in [-0.3, -0.25) is 4.79 Å². The summed E-state index contributed by atoms with van der Waals surface area (Å²) in [6, 6.07) is 14.0. The molecule has 0 heterocycles. The molecular weight excluding hydrogens is 262 g/mol. The summed E-state index contributed by atoms with van der Waals surface area (Å²) < 4.78 is 0. The third kappa shape index (κ3) is 3.42. The molecule has 2 rings (SSSR count). The Morgan fingerprint density at radius 2 is 1.67 bits per heavy atom. The van der Waals surface area contributed by atoms with Crippen LogP contribution in [0.15, 0.2) is 42.5 Å². The molecule has 0 aliphatic rings. The van der Waals surface area contributed by atoms with E-state index >= 15 is 0 Å². The first-order valence-corrected chi connectivity index (χ1v) is 7.21. The van der Waals surface area contributed by atoms with E-state index < -0.39 is 11.1 Å². The van der Waals surface area contributed by atoms with Gasteiger partial charge in [-0.05, 0) is 44.0 Å². The van der Waals surface area contributed by atoms with Gasteiger partial charge in [-0.1, -0.05) is 42.5 Å². The smallest absolute Gasteiger partial charge is 0.224 e. The fourth-order valence-electron chi connectivity index (χ4n) is 2.17. The first-order valence-electron chi connectivity index (χ1n) is 7.21. The van der Waals surface area contributed by atoms with Crippen molar-refractivity contribution in [2.24, 2.45) is 0 Å². The van der Waals surface area contributed by atoms with Crippen molar-refractivity contribution in [3.05, 3.63) is 48.0 Å². The van der Waals surface area contributed by atoms with Crippen molar-refractivity contribution in [2.75, 3.05) is 0 Å². The molecule has 3 nitrogen and oxygen atoms in total. The highest BCUT2D eigenvalue weighted by molar-refractivity contribution is 5.90. The first kappa shape index (κ1) is 15.5. The third-order valence-corrected chi connectivity index (χ3v) is 4.21. The van der Waals surface area contributed by atoms with Gasteiger partial charge in [0.2, 0.25) is 5.91 Å². The van der Waals surface area contributed by atoms with Gasteiger partial charge in [0.1, 0.15) is 0 Å². The van der Waals surface area contributed by atoms with E-state index in [1.54, 1.807) is 13.8 Å². The monoisotopic (exact) mass is 285 g/mol. The van der Waals surface area contributed by atoms with Crippen molar-refractivity contribution in [3.63, 3.8) is 0 Å². The van der Waals surface area contributed by atoms with E-state index in [0.717, 1.165) is 16.3 Å². The van der Waals surface area contributed by atoms with Crippen molar-refractivity contribution in [2.45, 2.75) is 45.3 Å². The summed E-state index contributed by atoms with van der Waals surface area (Å²) in [6.07, 6.45) is 0.306. The molecule has 0 aliphatic carbocycles. The lowest BCUT2D eigenvalue weighted by Gasteiger charge is -2.38. The van der Waals surface area contributed by atoms with Crippen LogP contribution in [0, 0.1) is 0 Å². The van der Waals surface area contributed by atoms with Crippen LogP contribution in [-0.2, 0) is 11.2 Å². The van der Waals surface area contributed by atoms with Gasteiger partial charge in [-0.25, -0.2) is 0 Å². The number of benzene rings is 2. The summed E-state index contributed by atoms with van der Waals surface area (Å²) in [7, 11) is 0. The maximum atomic E-state index is 12.3. The molecule has 0 radical (unpaired) electrons. The minimum absolute atomic E-state index is 0.0847. The van der Waals surface area contributed by atoms with Gasteiger partial charge in [-0.2, -0.15) is 0 Å². The van der Waals surface area contributed by atoms with E-state index in [-0.39, 0.29) is 5.91 Å². The van der Waals surface area contributed by atoms with E-state index in [1.165, 1.54) is 0 Å². The van der Waals surface area contributed by atoms with Crippen molar-refractivity contribution in [1.29, 1.82) is 0 Å². The second-order valence-electron chi connectivity index (χ2n) is 6.55. The molecule has 2 N–H and O–H groups in total. The molecule has 112 valence electrons. The lowest BCUT2D eigenvalue weighted by molar-refractivity contribution is -0.125. The van der Waals surface area contributed by atoms with Gasteiger partial charge in [0.05, 0.1) is 17.6 Å². The molecule has 0 unspecified atom stereocenters. The van der Waals surface area contributed by atoms with Crippen LogP contribution in [0.5, 0.6) is 0 Å². The lowest BCUT2D eigenvalue weighted by Crippen LogP contribution is -2.58. The molecule has 0 saturated heterocycles. The number of hydrogen-bond donors (Lipinski definition) is 2. The Morgan fingerprint density at radius 3 is 2.33 bits per heavy atom. The maximum Gasteiger partial charge on any atom is 0.224 e. The van der Waals surface area contributed by atoms with Gasteiger partial charge in [0, 0.05) is 0 Å². The number of carbonyl (C=O) groups is 1. The van der Waals surface area contributed by atoms with Crippen LogP contribution in [0.25, 0.3) is 10.8 Å². The Bertz CT molecular complexity index is 648. The van der Waals surface area contributed by atoms with E-state index in [4.69, 9.17) is 0 Å². The SMILES string of the molecule is CC(C)(O)C(C)(C)NC(=O)Cc1cccc2ccccc12. The van der Waals surface area contributed by atoms with Crippen molar-refractivity contribution in [1.82, 2.24) is 5.32 Å². The van der Waals surface area contributed by atoms with Gasteiger partial charge >= 0.3 is 0 Å². The Balaban J connectivity index is 2.20. The minimum atomic E-state index is -0.985. The number of aliphatic hydroxyl groups is 1. The molecular formula is C18H23NO2. The number of amides is 1. The van der Waals surface area contributed by atoms with Crippen LogP contribution in [0.3, 0.4) is 0 Å². The van der Waals surface area contributed by atoms with Crippen LogP contribution >= 0.6 is 0 Å². The number of rotatable bonds is 4. The summed E-state index contributed by atoms with van der Waals surface area (Å²) in [5.74, 6) is -0.0847. The Hall–Kier alpha value is -1.87. The second kappa shape index (κ2) is 5.49. The molecule has 0 atom stereocenters. The van der Waals surface area contributed by atoms with E-state index in [0.29, 0.717) is 6.42 Å². The first-order chi connectivity index (χ1) is 9.71. The third-order valence-electron chi connectivity index (χ3n) is 4.21. The summed E-state index contributed by atoms with van der Waals surface area (Å²) in [6.45, 7) is 7.05. The summed E-state index contributed by atoms with van der Waals surface area (Å²) in [5, 5.41) is 15.3. The van der Waals surface area contributed by atoms with Crippen molar-refractivity contribution >= 4 is 16.7 Å². The molecule has 0 bridgehead atoms. The number of nitrogens with one attached hydrogen (secondary N) is 1.